The molecule has 8 nitrogen and oxygen atoms in total. The number of aromatic nitrogens is 4. The van der Waals surface area contributed by atoms with Gasteiger partial charge in [-0.15, -0.1) is 10.2 Å². The first-order valence-corrected chi connectivity index (χ1v) is 9.50. The molecular formula is C21H23N5O3. The second kappa shape index (κ2) is 7.54. The zero-order valence-electron chi connectivity index (χ0n) is 16.8. The molecule has 0 radical (unpaired) electrons. The zero-order chi connectivity index (χ0) is 20.5. The number of hydrogen-bond acceptors (Lipinski definition) is 6. The van der Waals surface area contributed by atoms with Gasteiger partial charge in [0.2, 0.25) is 11.8 Å². The van der Waals surface area contributed by atoms with Crippen molar-refractivity contribution in [3.05, 3.63) is 53.2 Å². The van der Waals surface area contributed by atoms with Gasteiger partial charge in [0.15, 0.2) is 5.82 Å². The molecule has 0 fully saturated rings. The van der Waals surface area contributed by atoms with Gasteiger partial charge in [-0.05, 0) is 44.5 Å². The lowest BCUT2D eigenvalue weighted by atomic mass is 9.86. The van der Waals surface area contributed by atoms with Crippen LogP contribution in [0.1, 0.15) is 43.0 Å². The van der Waals surface area contributed by atoms with Crippen molar-refractivity contribution in [2.45, 2.75) is 39.2 Å². The molecule has 1 amide bonds. The maximum absolute atomic E-state index is 12.5. The summed E-state index contributed by atoms with van der Waals surface area (Å²) in [7, 11) is 1.53. The van der Waals surface area contributed by atoms with Gasteiger partial charge < -0.3 is 14.8 Å². The third-order valence-electron chi connectivity index (χ3n) is 4.81. The Labute approximate surface area is 168 Å². The topological polar surface area (TPSA) is 91.2 Å². The lowest BCUT2D eigenvalue weighted by Crippen LogP contribution is -2.25. The Kier molecular flexibility index (Phi) is 4.92. The molecule has 0 bridgehead atoms. The van der Waals surface area contributed by atoms with Crippen molar-refractivity contribution >= 4 is 11.7 Å². The first-order chi connectivity index (χ1) is 14.0. The first-order valence-electron chi connectivity index (χ1n) is 9.50. The summed E-state index contributed by atoms with van der Waals surface area (Å²) in [6.07, 6.45) is 0.470. The minimum absolute atomic E-state index is 0.0624. The number of rotatable bonds is 5. The van der Waals surface area contributed by atoms with Crippen LogP contribution in [0.5, 0.6) is 11.6 Å². The van der Waals surface area contributed by atoms with Crippen molar-refractivity contribution in [2.24, 2.45) is 0 Å². The molecule has 2 aromatic heterocycles. The summed E-state index contributed by atoms with van der Waals surface area (Å²) in [6, 6.07) is 11.4. The van der Waals surface area contributed by atoms with Gasteiger partial charge in [0.25, 0.3) is 0 Å². The molecule has 4 rings (SSSR count). The molecule has 1 aromatic carbocycles. The number of amides is 1. The lowest BCUT2D eigenvalue weighted by Gasteiger charge is -2.24. The Morgan fingerprint density at radius 2 is 1.90 bits per heavy atom. The number of aryl methyl sites for hydroxylation is 1. The van der Waals surface area contributed by atoms with E-state index in [9.17, 15) is 4.79 Å². The van der Waals surface area contributed by atoms with Crippen molar-refractivity contribution in [3.63, 3.8) is 0 Å². The Morgan fingerprint density at radius 3 is 2.52 bits per heavy atom. The Bertz CT molecular complexity index is 1030. The minimum Gasteiger partial charge on any atom is -0.491 e. The van der Waals surface area contributed by atoms with Gasteiger partial charge in [-0.3, -0.25) is 4.79 Å². The first kappa shape index (κ1) is 18.9. The molecule has 1 N–H and O–H groups in total. The molecule has 0 aliphatic carbocycles. The smallest absolute Gasteiger partial charge is 0.233 e. The zero-order valence-corrected chi connectivity index (χ0v) is 16.8. The van der Waals surface area contributed by atoms with Crippen LogP contribution in [0, 0.1) is 6.92 Å². The van der Waals surface area contributed by atoms with Crippen LogP contribution >= 0.6 is 0 Å². The lowest BCUT2D eigenvalue weighted by molar-refractivity contribution is -0.116. The molecule has 3 heterocycles. The normalized spacial score (nSPS) is 15.8. The Morgan fingerprint density at radius 1 is 1.14 bits per heavy atom. The standard InChI is InChI=1S/C21H23N5O3/c1-12(2)29-15-7-5-14(6-8-15)16-11-18(27)22-21-20(16)13(3)25-26(21)17-9-10-19(28-4)24-23-17/h5-10,12,16H,11H2,1-4H3,(H,22,27). The van der Waals surface area contributed by atoms with Crippen LogP contribution in [0.15, 0.2) is 36.4 Å². The largest absolute Gasteiger partial charge is 0.491 e. The van der Waals surface area contributed by atoms with E-state index in [1.54, 1.807) is 16.8 Å². The fourth-order valence-corrected chi connectivity index (χ4v) is 3.58. The number of carbonyl (C=O) groups is 1. The van der Waals surface area contributed by atoms with Crippen molar-refractivity contribution in [1.29, 1.82) is 0 Å². The van der Waals surface area contributed by atoms with Gasteiger partial charge in [0.05, 0.1) is 18.9 Å². The Balaban J connectivity index is 1.73. The number of benzene rings is 1. The quantitative estimate of drug-likeness (QED) is 0.716. The van der Waals surface area contributed by atoms with E-state index in [0.717, 1.165) is 22.6 Å². The van der Waals surface area contributed by atoms with E-state index in [0.29, 0.717) is 23.9 Å². The summed E-state index contributed by atoms with van der Waals surface area (Å²) in [6.45, 7) is 5.92. The molecule has 8 heteroatoms. The molecule has 1 atom stereocenters. The minimum atomic E-state index is -0.0909. The van der Waals surface area contributed by atoms with Gasteiger partial charge >= 0.3 is 0 Å². The highest BCUT2D eigenvalue weighted by Gasteiger charge is 2.33. The fourth-order valence-electron chi connectivity index (χ4n) is 3.58. The highest BCUT2D eigenvalue weighted by Crippen LogP contribution is 2.40. The van der Waals surface area contributed by atoms with E-state index < -0.39 is 0 Å². The predicted molar refractivity (Wildman–Crippen MR) is 108 cm³/mol. The summed E-state index contributed by atoms with van der Waals surface area (Å²) in [5, 5.41) is 15.7. The molecule has 0 saturated heterocycles. The van der Waals surface area contributed by atoms with Crippen LogP contribution in [0.25, 0.3) is 5.82 Å². The summed E-state index contributed by atoms with van der Waals surface area (Å²) in [4.78, 5) is 12.5. The molecule has 3 aromatic rings. The number of methoxy groups -OCH3 is 1. The van der Waals surface area contributed by atoms with E-state index in [-0.39, 0.29) is 17.9 Å². The number of nitrogens with zero attached hydrogens (tertiary/aromatic N) is 4. The van der Waals surface area contributed by atoms with Gasteiger partial charge in [-0.2, -0.15) is 9.78 Å². The highest BCUT2D eigenvalue weighted by atomic mass is 16.5. The molecule has 29 heavy (non-hydrogen) atoms. The number of fused-ring (bicyclic) bond motifs is 1. The molecule has 1 aliphatic heterocycles. The predicted octanol–water partition coefficient (Wildman–Crippen LogP) is 3.24. The van der Waals surface area contributed by atoms with Gasteiger partial charge in [0.1, 0.15) is 11.6 Å². The summed E-state index contributed by atoms with van der Waals surface area (Å²) in [5.41, 5.74) is 2.87. The molecule has 0 saturated carbocycles. The highest BCUT2D eigenvalue weighted by molar-refractivity contribution is 5.95. The monoisotopic (exact) mass is 393 g/mol. The van der Waals surface area contributed by atoms with Crippen molar-refractivity contribution in [2.75, 3.05) is 12.4 Å². The maximum atomic E-state index is 12.5. The van der Waals surface area contributed by atoms with Crippen LogP contribution in [0.2, 0.25) is 0 Å². The number of carbonyl (C=O) groups excluding carboxylic acids is 1. The average molecular weight is 393 g/mol. The van der Waals surface area contributed by atoms with E-state index >= 15 is 0 Å². The van der Waals surface area contributed by atoms with Gasteiger partial charge in [-0.1, -0.05) is 12.1 Å². The maximum Gasteiger partial charge on any atom is 0.233 e. The number of nitrogens with one attached hydrogen (secondary N) is 1. The second-order valence-electron chi connectivity index (χ2n) is 7.23. The number of ether oxygens (including phenoxy) is 2. The second-order valence-corrected chi connectivity index (χ2v) is 7.23. The summed E-state index contributed by atoms with van der Waals surface area (Å²) < 4.78 is 12.4. The van der Waals surface area contributed by atoms with Crippen molar-refractivity contribution in [3.8, 4) is 17.4 Å². The van der Waals surface area contributed by atoms with E-state index in [2.05, 4.69) is 20.6 Å². The molecular weight excluding hydrogens is 370 g/mol. The van der Waals surface area contributed by atoms with E-state index in [4.69, 9.17) is 9.47 Å². The average Bonchev–Trinajstić information content (AvgIpc) is 3.04. The van der Waals surface area contributed by atoms with Crippen LogP contribution < -0.4 is 14.8 Å². The van der Waals surface area contributed by atoms with Crippen LogP contribution in [-0.4, -0.2) is 39.1 Å². The third-order valence-corrected chi connectivity index (χ3v) is 4.81. The molecule has 1 unspecified atom stereocenters. The van der Waals surface area contributed by atoms with Crippen LogP contribution in [0.3, 0.4) is 0 Å². The summed E-state index contributed by atoms with van der Waals surface area (Å²) in [5.74, 6) is 2.21. The van der Waals surface area contributed by atoms with Crippen LogP contribution in [-0.2, 0) is 4.79 Å². The van der Waals surface area contributed by atoms with Crippen LogP contribution in [0.4, 0.5) is 5.82 Å². The number of anilines is 1. The molecule has 1 aliphatic rings. The number of hydrogen-bond donors (Lipinski definition) is 1. The van der Waals surface area contributed by atoms with Gasteiger partial charge in [0, 0.05) is 24.0 Å². The molecule has 0 spiro atoms. The SMILES string of the molecule is COc1ccc(-n2nc(C)c3c2NC(=O)CC3c2ccc(OC(C)C)cc2)nn1. The van der Waals surface area contributed by atoms with Gasteiger partial charge in [-0.25, -0.2) is 0 Å². The van der Waals surface area contributed by atoms with E-state index in [1.807, 2.05) is 45.0 Å². The van der Waals surface area contributed by atoms with Crippen molar-refractivity contribution < 1.29 is 14.3 Å². The van der Waals surface area contributed by atoms with E-state index in [1.165, 1.54) is 7.11 Å². The fraction of sp³-hybridized carbons (Fsp3) is 0.333. The summed E-state index contributed by atoms with van der Waals surface area (Å²) >= 11 is 0. The molecule has 150 valence electrons. The van der Waals surface area contributed by atoms with Crippen molar-refractivity contribution in [1.82, 2.24) is 20.0 Å². The third kappa shape index (κ3) is 3.65. The Hall–Kier alpha value is -3.42.